The van der Waals surface area contributed by atoms with Gasteiger partial charge in [-0.05, 0) is 37.1 Å². The predicted molar refractivity (Wildman–Crippen MR) is 136 cm³/mol. The number of carbonyl (C=O) groups is 2. The van der Waals surface area contributed by atoms with Crippen LogP contribution in [0.3, 0.4) is 0 Å². The van der Waals surface area contributed by atoms with E-state index >= 15 is 0 Å². The zero-order valence-electron chi connectivity index (χ0n) is 20.6. The summed E-state index contributed by atoms with van der Waals surface area (Å²) in [6.45, 7) is 5.84. The minimum absolute atomic E-state index is 0.111. The van der Waals surface area contributed by atoms with Crippen LogP contribution in [0, 0.1) is 17.2 Å². The summed E-state index contributed by atoms with van der Waals surface area (Å²) in [4.78, 5) is 35.6. The van der Waals surface area contributed by atoms with E-state index in [1.54, 1.807) is 16.5 Å². The summed E-state index contributed by atoms with van der Waals surface area (Å²) in [7, 11) is 1.58. The van der Waals surface area contributed by atoms with Crippen LogP contribution in [0.15, 0.2) is 49.4 Å². The van der Waals surface area contributed by atoms with Crippen molar-refractivity contribution < 1.29 is 14.3 Å². The third kappa shape index (κ3) is 3.78. The minimum atomic E-state index is -0.113. The summed E-state index contributed by atoms with van der Waals surface area (Å²) in [5.74, 6) is 1.42. The van der Waals surface area contributed by atoms with E-state index in [1.165, 1.54) is 12.3 Å². The van der Waals surface area contributed by atoms with Crippen LogP contribution in [0.2, 0.25) is 0 Å². The second-order valence-corrected chi connectivity index (χ2v) is 9.85. The number of nitrogens with zero attached hydrogens (tertiary/aromatic N) is 7. The number of fused-ring (bicyclic) bond motifs is 3. The fraction of sp³-hybridized carbons (Fsp3) is 0.370. The number of carbonyl (C=O) groups excluding carboxylic acids is 2. The van der Waals surface area contributed by atoms with Gasteiger partial charge in [-0.2, -0.15) is 10.4 Å². The molecule has 0 saturated carbocycles. The topological polar surface area (TPSA) is 107 Å². The standard InChI is InChI=1S/C27H27N7O3/c1-3-25(35)31-12-20(13-31)27(36)32-15-21-5-6-22(16-32)34(21)24-7-4-17(10-29-24)18-8-23(37-2)26-19(9-28)11-30-33(26)14-18/h3-4,7-8,10-11,14,20-22H,1,5-6,12-13,15-16H2,2H3. The van der Waals surface area contributed by atoms with Gasteiger partial charge in [-0.15, -0.1) is 0 Å². The molecule has 37 heavy (non-hydrogen) atoms. The number of aromatic nitrogens is 3. The maximum absolute atomic E-state index is 13.1. The number of amides is 2. The lowest BCUT2D eigenvalue weighted by Gasteiger charge is -2.45. The number of hydrogen-bond donors (Lipinski definition) is 0. The number of ether oxygens (including phenoxy) is 1. The fourth-order valence-electron chi connectivity index (χ4n) is 5.85. The molecule has 3 fully saturated rings. The first kappa shape index (κ1) is 23.0. The lowest BCUT2D eigenvalue weighted by molar-refractivity contribution is -0.146. The van der Waals surface area contributed by atoms with Gasteiger partial charge in [-0.1, -0.05) is 6.58 Å². The first-order valence-corrected chi connectivity index (χ1v) is 12.4. The molecular weight excluding hydrogens is 470 g/mol. The van der Waals surface area contributed by atoms with Crippen LogP contribution in [0.1, 0.15) is 18.4 Å². The number of hydrogen-bond acceptors (Lipinski definition) is 7. The number of anilines is 1. The van der Waals surface area contributed by atoms with Gasteiger partial charge in [0, 0.05) is 61.8 Å². The monoisotopic (exact) mass is 497 g/mol. The van der Waals surface area contributed by atoms with Gasteiger partial charge in [-0.3, -0.25) is 9.59 Å². The van der Waals surface area contributed by atoms with E-state index in [1.807, 2.05) is 35.5 Å². The molecule has 6 heterocycles. The number of methoxy groups -OCH3 is 1. The van der Waals surface area contributed by atoms with Crippen LogP contribution in [0.4, 0.5) is 5.82 Å². The number of likely N-dealkylation sites (tertiary alicyclic amines) is 2. The van der Waals surface area contributed by atoms with Crippen molar-refractivity contribution in [1.82, 2.24) is 24.4 Å². The van der Waals surface area contributed by atoms with Gasteiger partial charge >= 0.3 is 0 Å². The van der Waals surface area contributed by atoms with Crippen molar-refractivity contribution >= 4 is 23.1 Å². The number of piperazine rings is 1. The molecule has 10 nitrogen and oxygen atoms in total. The molecule has 10 heteroatoms. The Bertz CT molecular complexity index is 1420. The Morgan fingerprint density at radius 2 is 1.86 bits per heavy atom. The molecule has 3 aromatic heterocycles. The van der Waals surface area contributed by atoms with Crippen molar-refractivity contribution in [3.63, 3.8) is 0 Å². The Morgan fingerprint density at radius 3 is 2.49 bits per heavy atom. The first-order chi connectivity index (χ1) is 18.0. The van der Waals surface area contributed by atoms with Crippen molar-refractivity contribution in [3.05, 3.63) is 55.0 Å². The lowest BCUT2D eigenvalue weighted by Crippen LogP contribution is -2.61. The molecule has 2 amide bonds. The molecule has 0 radical (unpaired) electrons. The molecular formula is C27H27N7O3. The van der Waals surface area contributed by atoms with E-state index in [4.69, 9.17) is 9.72 Å². The van der Waals surface area contributed by atoms with Crippen molar-refractivity contribution in [3.8, 4) is 22.9 Å². The molecule has 0 aromatic carbocycles. The number of rotatable bonds is 5. The van der Waals surface area contributed by atoms with Crippen LogP contribution >= 0.6 is 0 Å². The summed E-state index contributed by atoms with van der Waals surface area (Å²) < 4.78 is 7.19. The summed E-state index contributed by atoms with van der Waals surface area (Å²) >= 11 is 0. The molecule has 3 saturated heterocycles. The predicted octanol–water partition coefficient (Wildman–Crippen LogP) is 2.10. The Kier molecular flexibility index (Phi) is 5.56. The van der Waals surface area contributed by atoms with Gasteiger partial charge in [0.05, 0.1) is 19.2 Å². The van der Waals surface area contributed by atoms with Crippen LogP contribution in [-0.4, -0.2) is 81.6 Å². The van der Waals surface area contributed by atoms with Crippen LogP contribution in [-0.2, 0) is 9.59 Å². The summed E-state index contributed by atoms with van der Waals surface area (Å²) in [5, 5.41) is 13.6. The van der Waals surface area contributed by atoms with E-state index in [0.29, 0.717) is 43.0 Å². The van der Waals surface area contributed by atoms with Gasteiger partial charge in [0.1, 0.15) is 28.7 Å². The highest BCUT2D eigenvalue weighted by Crippen LogP contribution is 2.36. The maximum Gasteiger partial charge on any atom is 0.246 e. The largest absolute Gasteiger partial charge is 0.494 e. The molecule has 0 aliphatic carbocycles. The highest BCUT2D eigenvalue weighted by molar-refractivity contribution is 5.90. The van der Waals surface area contributed by atoms with E-state index in [2.05, 4.69) is 22.6 Å². The molecule has 2 atom stereocenters. The molecule has 6 rings (SSSR count). The Morgan fingerprint density at radius 1 is 1.11 bits per heavy atom. The second kappa shape index (κ2) is 8.92. The molecule has 188 valence electrons. The zero-order chi connectivity index (χ0) is 25.7. The molecule has 2 bridgehead atoms. The SMILES string of the molecule is C=CC(=O)N1CC(C(=O)N2CC3CCC(C2)N3c2ccc(-c3cc(OC)c4c(C#N)cnn4c3)cn2)C1. The molecule has 0 spiro atoms. The summed E-state index contributed by atoms with van der Waals surface area (Å²) in [5.41, 5.74) is 2.91. The summed E-state index contributed by atoms with van der Waals surface area (Å²) in [6.07, 6.45) is 8.60. The average Bonchev–Trinajstić information content (AvgIpc) is 3.44. The normalized spacial score (nSPS) is 21.0. The molecule has 0 N–H and O–H groups in total. The van der Waals surface area contributed by atoms with E-state index in [0.717, 1.165) is 29.8 Å². The Balaban J connectivity index is 1.17. The highest BCUT2D eigenvalue weighted by atomic mass is 16.5. The Labute approximate surface area is 214 Å². The smallest absolute Gasteiger partial charge is 0.246 e. The first-order valence-electron chi connectivity index (χ1n) is 12.4. The van der Waals surface area contributed by atoms with Crippen molar-refractivity contribution in [2.24, 2.45) is 5.92 Å². The van der Waals surface area contributed by atoms with Gasteiger partial charge < -0.3 is 19.4 Å². The molecule has 3 aromatic rings. The number of pyridine rings is 2. The third-order valence-corrected chi connectivity index (χ3v) is 7.77. The van der Waals surface area contributed by atoms with E-state index in [-0.39, 0.29) is 29.8 Å². The van der Waals surface area contributed by atoms with Crippen molar-refractivity contribution in [2.45, 2.75) is 24.9 Å². The van der Waals surface area contributed by atoms with Crippen LogP contribution in [0.25, 0.3) is 16.6 Å². The highest BCUT2D eigenvalue weighted by Gasteiger charge is 2.45. The van der Waals surface area contributed by atoms with Gasteiger partial charge in [0.15, 0.2) is 0 Å². The number of nitriles is 1. The molecule has 2 unspecified atom stereocenters. The van der Waals surface area contributed by atoms with Crippen LogP contribution < -0.4 is 9.64 Å². The maximum atomic E-state index is 13.1. The summed E-state index contributed by atoms with van der Waals surface area (Å²) in [6, 6.07) is 8.58. The quantitative estimate of drug-likeness (QED) is 0.497. The van der Waals surface area contributed by atoms with E-state index in [9.17, 15) is 14.9 Å². The van der Waals surface area contributed by atoms with Gasteiger partial charge in [0.25, 0.3) is 0 Å². The molecule has 3 aliphatic heterocycles. The minimum Gasteiger partial charge on any atom is -0.494 e. The van der Waals surface area contributed by atoms with Crippen molar-refractivity contribution in [1.29, 1.82) is 5.26 Å². The lowest BCUT2D eigenvalue weighted by atomic mass is 9.97. The van der Waals surface area contributed by atoms with Crippen LogP contribution in [0.5, 0.6) is 5.75 Å². The van der Waals surface area contributed by atoms with Crippen molar-refractivity contribution in [2.75, 3.05) is 38.2 Å². The molecule has 3 aliphatic rings. The third-order valence-electron chi connectivity index (χ3n) is 7.77. The van der Waals surface area contributed by atoms with Gasteiger partial charge in [-0.25, -0.2) is 9.50 Å². The Hall–Kier alpha value is -4.39. The zero-order valence-corrected chi connectivity index (χ0v) is 20.6. The second-order valence-electron chi connectivity index (χ2n) is 9.85. The average molecular weight is 498 g/mol. The van der Waals surface area contributed by atoms with Gasteiger partial charge in [0.2, 0.25) is 11.8 Å². The fourth-order valence-corrected chi connectivity index (χ4v) is 5.85. The van der Waals surface area contributed by atoms with E-state index < -0.39 is 0 Å².